The number of carbonyl (C=O) groups is 2. The summed E-state index contributed by atoms with van der Waals surface area (Å²) in [6.07, 6.45) is 43.8. The molecule has 0 saturated carbocycles. The first-order valence-electron chi connectivity index (χ1n) is 19.4. The molecule has 0 radical (unpaired) electrons. The molecule has 4 nitrogen and oxygen atoms in total. The summed E-state index contributed by atoms with van der Waals surface area (Å²) in [5, 5.41) is 0. The van der Waals surface area contributed by atoms with Crippen LogP contribution in [-0.2, 0) is 19.1 Å². The van der Waals surface area contributed by atoms with E-state index in [0.717, 1.165) is 25.7 Å². The summed E-state index contributed by atoms with van der Waals surface area (Å²) in [5.41, 5.74) is 0. The zero-order chi connectivity index (χ0) is 34.0. The molecule has 0 aromatic heterocycles. The van der Waals surface area contributed by atoms with Crippen LogP contribution in [0.5, 0.6) is 0 Å². The summed E-state index contributed by atoms with van der Waals surface area (Å²) in [4.78, 5) is 22.5. The van der Waals surface area contributed by atoms with Crippen molar-refractivity contribution in [1.29, 1.82) is 0 Å². The molecule has 0 amide bonds. The van der Waals surface area contributed by atoms with E-state index in [1.54, 1.807) is 0 Å². The number of carbonyl (C=O) groups excluding carboxylic acids is 2. The number of hydrogen-bond donors (Lipinski definition) is 2. The van der Waals surface area contributed by atoms with Gasteiger partial charge in [-0.25, -0.2) is 0 Å². The second kappa shape index (κ2) is 48.8. The molecule has 0 fully saturated rings. The molecule has 0 aliphatic heterocycles. The van der Waals surface area contributed by atoms with E-state index in [2.05, 4.69) is 63.4 Å². The molecule has 0 N–H and O–H groups in total. The third-order valence-electron chi connectivity index (χ3n) is 7.99. The van der Waals surface area contributed by atoms with Crippen molar-refractivity contribution >= 4 is 86.1 Å². The molecule has 0 aromatic carbocycles. The van der Waals surface area contributed by atoms with Crippen LogP contribution in [-0.4, -0.2) is 85.5 Å². The Morgan fingerprint density at radius 2 is 0.702 bits per heavy atom. The summed E-state index contributed by atoms with van der Waals surface area (Å²) in [7, 11) is 0. The fourth-order valence-electron chi connectivity index (χ4n) is 5.14. The minimum Gasteiger partial charge on any atom is -1.00 e. The largest absolute Gasteiger partial charge is 2.00 e. The van der Waals surface area contributed by atoms with Gasteiger partial charge in [0, 0.05) is 24.3 Å². The van der Waals surface area contributed by atoms with Crippen molar-refractivity contribution in [3.05, 3.63) is 24.3 Å². The van der Waals surface area contributed by atoms with E-state index in [1.165, 1.54) is 141 Å². The first-order chi connectivity index (χ1) is 22.6. The summed E-state index contributed by atoms with van der Waals surface area (Å²) in [6, 6.07) is 0. The Kier molecular flexibility index (Phi) is 54.1. The van der Waals surface area contributed by atoms with Crippen LogP contribution >= 0.6 is 25.3 Å². The van der Waals surface area contributed by atoms with Crippen LogP contribution in [0.2, 0.25) is 0 Å². The summed E-state index contributed by atoms with van der Waals surface area (Å²) >= 11 is 8.03. The molecule has 0 aliphatic rings. The summed E-state index contributed by atoms with van der Waals surface area (Å²) in [5.74, 6) is 1.07. The Morgan fingerprint density at radius 3 is 0.979 bits per heavy atom. The normalized spacial score (nSPS) is 11.0. The minimum absolute atomic E-state index is 0. The van der Waals surface area contributed by atoms with Crippen molar-refractivity contribution in [3.8, 4) is 0 Å². The second-order valence-electron chi connectivity index (χ2n) is 12.6. The summed E-state index contributed by atoms with van der Waals surface area (Å²) < 4.78 is 9.97. The molecule has 0 saturated heterocycles. The molecule has 0 aromatic rings. The van der Waals surface area contributed by atoms with E-state index < -0.39 is 0 Å². The molecule has 276 valence electrons. The van der Waals surface area contributed by atoms with Gasteiger partial charge >= 0.3 is 60.8 Å². The number of allylic oxidation sites excluding steroid dienone is 4. The fourth-order valence-corrected chi connectivity index (χ4v) is 5.33. The maximum absolute atomic E-state index is 11.3. The predicted octanol–water partition coefficient (Wildman–Crippen LogP) is 12.8. The van der Waals surface area contributed by atoms with Gasteiger partial charge in [-0.2, -0.15) is 25.3 Å². The van der Waals surface area contributed by atoms with Gasteiger partial charge in [-0.05, 0) is 64.2 Å². The second-order valence-corrected chi connectivity index (χ2v) is 13.5. The van der Waals surface area contributed by atoms with E-state index in [-0.39, 0.29) is 63.7 Å². The molecule has 0 spiro atoms. The first kappa shape index (κ1) is 52.1. The fraction of sp³-hybridized carbons (Fsp3) is 0.850. The van der Waals surface area contributed by atoms with Crippen molar-refractivity contribution in [3.63, 3.8) is 0 Å². The zero-order valence-corrected chi connectivity index (χ0v) is 37.4. The van der Waals surface area contributed by atoms with Crippen molar-refractivity contribution in [2.24, 2.45) is 0 Å². The van der Waals surface area contributed by atoms with Gasteiger partial charge in [0.2, 0.25) is 0 Å². The average Bonchev–Trinajstić information content (AvgIpc) is 3.06. The molecule has 0 rings (SSSR count). The smallest absolute Gasteiger partial charge is 1.00 e. The van der Waals surface area contributed by atoms with Gasteiger partial charge in [0.15, 0.2) is 0 Å². The average molecular weight is 825 g/mol. The van der Waals surface area contributed by atoms with Gasteiger partial charge < -0.3 is 12.3 Å². The molecule has 0 heterocycles. The van der Waals surface area contributed by atoms with Gasteiger partial charge in [0.1, 0.15) is 13.2 Å². The van der Waals surface area contributed by atoms with Crippen LogP contribution in [0.15, 0.2) is 24.3 Å². The molecule has 0 bridgehead atoms. The number of rotatable bonds is 34. The van der Waals surface area contributed by atoms with Crippen molar-refractivity contribution in [1.82, 2.24) is 0 Å². The topological polar surface area (TPSA) is 52.6 Å². The van der Waals surface area contributed by atoms with E-state index >= 15 is 0 Å². The quantitative estimate of drug-likeness (QED) is 0.0223. The van der Waals surface area contributed by atoms with Gasteiger partial charge in [0.25, 0.3) is 0 Å². The third-order valence-corrected chi connectivity index (χ3v) is 8.36. The van der Waals surface area contributed by atoms with Gasteiger partial charge in [-0.3, -0.25) is 9.59 Å². The molecular formula is C40H78BaO4S2. The Hall–Kier alpha value is 0.691. The predicted molar refractivity (Wildman–Crippen MR) is 217 cm³/mol. The molecule has 47 heavy (non-hydrogen) atoms. The van der Waals surface area contributed by atoms with Crippen molar-refractivity contribution in [2.45, 2.75) is 194 Å². The minimum atomic E-state index is -0.0725. The van der Waals surface area contributed by atoms with Crippen molar-refractivity contribution in [2.75, 3.05) is 24.7 Å². The number of hydrogen-bond acceptors (Lipinski definition) is 6. The number of thiol groups is 2. The SMILES string of the molecule is CCCCCCCC/C=C\CCCCCCCC(=O)OCCS.CCCCCCCC/C=C\CCCCCCCC(=O)OCCS.[Ba+2].[H-].[H-]. The monoisotopic (exact) mass is 824 g/mol. The van der Waals surface area contributed by atoms with Crippen LogP contribution < -0.4 is 0 Å². The Bertz CT molecular complexity index is 629. The maximum atomic E-state index is 11.3. The Balaban J connectivity index is -0.000000248. The molecule has 0 atom stereocenters. The van der Waals surface area contributed by atoms with Gasteiger partial charge in [-0.15, -0.1) is 0 Å². The molecule has 7 heteroatoms. The Labute approximate surface area is 347 Å². The molecule has 0 aliphatic carbocycles. The van der Waals surface area contributed by atoms with Gasteiger partial charge in [0.05, 0.1) is 0 Å². The van der Waals surface area contributed by atoms with E-state index in [9.17, 15) is 9.59 Å². The number of esters is 2. The first-order valence-corrected chi connectivity index (χ1v) is 20.7. The molecule has 0 unspecified atom stereocenters. The van der Waals surface area contributed by atoms with Crippen LogP contribution in [0.3, 0.4) is 0 Å². The molecular weight excluding hydrogens is 746 g/mol. The van der Waals surface area contributed by atoms with Gasteiger partial charge in [-0.1, -0.05) is 141 Å². The van der Waals surface area contributed by atoms with E-state index in [0.29, 0.717) is 37.6 Å². The number of unbranched alkanes of at least 4 members (excludes halogenated alkanes) is 22. The van der Waals surface area contributed by atoms with E-state index in [4.69, 9.17) is 9.47 Å². The van der Waals surface area contributed by atoms with E-state index in [1.807, 2.05) is 0 Å². The van der Waals surface area contributed by atoms with Crippen LogP contribution in [0.1, 0.15) is 196 Å². The standard InChI is InChI=1S/2C20H38O2S.Ba.2H/c2*1-2-3-4-5-6-7-8-9-10-11-12-13-14-15-16-17-20(21)22-18-19-23;;;/h2*9-10,23H,2-8,11-19H2,1H3;;;/q;;+2;2*-1/b2*10-9-;;;. The summed E-state index contributed by atoms with van der Waals surface area (Å²) in [6.45, 7) is 5.41. The van der Waals surface area contributed by atoms with Crippen LogP contribution in [0, 0.1) is 0 Å². The van der Waals surface area contributed by atoms with Crippen LogP contribution in [0.25, 0.3) is 0 Å². The van der Waals surface area contributed by atoms with Crippen LogP contribution in [0.4, 0.5) is 0 Å². The number of ether oxygens (including phenoxy) is 2. The third kappa shape index (κ3) is 51.2. The zero-order valence-electron chi connectivity index (χ0n) is 33.2. The van der Waals surface area contributed by atoms with Crippen molar-refractivity contribution < 1.29 is 21.9 Å². The Morgan fingerprint density at radius 1 is 0.447 bits per heavy atom. The maximum Gasteiger partial charge on any atom is 2.00 e.